The second-order valence-corrected chi connectivity index (χ2v) is 7.64. The fourth-order valence-corrected chi connectivity index (χ4v) is 4.36. The van der Waals surface area contributed by atoms with Crippen molar-refractivity contribution in [2.75, 3.05) is 6.61 Å². The molecule has 3 rings (SSSR count). The Bertz CT molecular complexity index is 685. The molecular weight excluding hydrogens is 327 g/mol. The van der Waals surface area contributed by atoms with Gasteiger partial charge in [0.1, 0.15) is 18.2 Å². The van der Waals surface area contributed by atoms with Gasteiger partial charge in [0.2, 0.25) is 0 Å². The van der Waals surface area contributed by atoms with Crippen molar-refractivity contribution in [1.82, 2.24) is 0 Å². The van der Waals surface area contributed by atoms with E-state index in [9.17, 15) is 8.60 Å². The molecule has 3 nitrogen and oxygen atoms in total. The number of ether oxygens (including phenoxy) is 2. The maximum atomic E-state index is 12.9. The number of rotatable bonds is 6. The first-order chi connectivity index (χ1) is 11.6. The Morgan fingerprint density at radius 3 is 2.42 bits per heavy atom. The van der Waals surface area contributed by atoms with E-state index < -0.39 is 10.8 Å². The zero-order valence-corrected chi connectivity index (χ0v) is 14.4. The van der Waals surface area contributed by atoms with Gasteiger partial charge >= 0.3 is 0 Å². The van der Waals surface area contributed by atoms with Gasteiger partial charge < -0.3 is 9.47 Å². The highest BCUT2D eigenvalue weighted by Gasteiger charge is 2.29. The van der Waals surface area contributed by atoms with Crippen LogP contribution in [0, 0.1) is 5.82 Å². The number of benzene rings is 2. The topological polar surface area (TPSA) is 35.5 Å². The predicted molar refractivity (Wildman–Crippen MR) is 92.8 cm³/mol. The maximum Gasteiger partial charge on any atom is 0.123 e. The fourth-order valence-electron chi connectivity index (χ4n) is 2.76. The van der Waals surface area contributed by atoms with Crippen molar-refractivity contribution < 1.29 is 18.1 Å². The Morgan fingerprint density at radius 2 is 1.79 bits per heavy atom. The van der Waals surface area contributed by atoms with Crippen LogP contribution in [0.2, 0.25) is 0 Å². The lowest BCUT2D eigenvalue weighted by Crippen LogP contribution is -2.24. The van der Waals surface area contributed by atoms with Gasteiger partial charge in [-0.2, -0.15) is 0 Å². The molecule has 0 spiro atoms. The summed E-state index contributed by atoms with van der Waals surface area (Å²) in [6.07, 6.45) is 0.941. The Labute approximate surface area is 144 Å². The van der Waals surface area contributed by atoms with Crippen LogP contribution in [0.15, 0.2) is 48.5 Å². The SMILES string of the molecule is C[C@@H]1OCC[C@H]1[S@@](=O)Cc1ccc(OCc2ccc(F)cc2)cc1. The first-order valence-corrected chi connectivity index (χ1v) is 9.45. The van der Waals surface area contributed by atoms with Gasteiger partial charge in [0, 0.05) is 23.2 Å². The van der Waals surface area contributed by atoms with E-state index in [1.807, 2.05) is 31.2 Å². The minimum atomic E-state index is -0.920. The highest BCUT2D eigenvalue weighted by Crippen LogP contribution is 2.22. The molecule has 2 aromatic rings. The van der Waals surface area contributed by atoms with Crippen LogP contribution < -0.4 is 4.74 Å². The van der Waals surface area contributed by atoms with E-state index in [1.165, 1.54) is 12.1 Å². The molecule has 0 N–H and O–H groups in total. The van der Waals surface area contributed by atoms with Gasteiger partial charge in [0.15, 0.2) is 0 Å². The zero-order chi connectivity index (χ0) is 16.9. The van der Waals surface area contributed by atoms with Crippen LogP contribution in [0.4, 0.5) is 4.39 Å². The predicted octanol–water partition coefficient (Wildman–Crippen LogP) is 3.83. The van der Waals surface area contributed by atoms with Crippen molar-refractivity contribution in [2.45, 2.75) is 37.1 Å². The van der Waals surface area contributed by atoms with E-state index in [1.54, 1.807) is 12.1 Å². The van der Waals surface area contributed by atoms with Crippen LogP contribution in [0.5, 0.6) is 5.75 Å². The number of halogens is 1. The fraction of sp³-hybridized carbons (Fsp3) is 0.368. The minimum Gasteiger partial charge on any atom is -0.489 e. The Balaban J connectivity index is 1.53. The summed E-state index contributed by atoms with van der Waals surface area (Å²) in [5, 5.41) is 0.124. The molecule has 0 amide bonds. The molecule has 0 bridgehead atoms. The maximum absolute atomic E-state index is 12.9. The zero-order valence-electron chi connectivity index (χ0n) is 13.6. The van der Waals surface area contributed by atoms with Gasteiger partial charge in [-0.3, -0.25) is 4.21 Å². The molecule has 0 aliphatic carbocycles. The monoisotopic (exact) mass is 348 g/mol. The standard InChI is InChI=1S/C19H21FO3S/c1-14-19(10-11-22-14)24(21)13-16-4-8-18(9-5-16)23-12-15-2-6-17(20)7-3-15/h2-9,14,19H,10-13H2,1H3/t14-,19+,24-/m0/s1. The minimum absolute atomic E-state index is 0.0733. The number of hydrogen-bond acceptors (Lipinski definition) is 3. The van der Waals surface area contributed by atoms with Crippen LogP contribution in [0.1, 0.15) is 24.5 Å². The normalized spacial score (nSPS) is 21.6. The van der Waals surface area contributed by atoms with Crippen molar-refractivity contribution >= 4 is 10.8 Å². The van der Waals surface area contributed by atoms with E-state index in [4.69, 9.17) is 9.47 Å². The highest BCUT2D eigenvalue weighted by atomic mass is 32.2. The third-order valence-corrected chi connectivity index (χ3v) is 6.11. The summed E-state index contributed by atoms with van der Waals surface area (Å²) in [6, 6.07) is 13.9. The molecule has 24 heavy (non-hydrogen) atoms. The average molecular weight is 348 g/mol. The lowest BCUT2D eigenvalue weighted by Gasteiger charge is -2.14. The molecule has 1 saturated heterocycles. The summed E-state index contributed by atoms with van der Waals surface area (Å²) in [4.78, 5) is 0. The van der Waals surface area contributed by atoms with Crippen LogP contribution in [-0.4, -0.2) is 22.2 Å². The van der Waals surface area contributed by atoms with Crippen LogP contribution in [0.25, 0.3) is 0 Å². The van der Waals surface area contributed by atoms with Crippen LogP contribution in [-0.2, 0) is 27.9 Å². The van der Waals surface area contributed by atoms with Crippen molar-refractivity contribution in [3.05, 3.63) is 65.5 Å². The Kier molecular flexibility index (Phi) is 5.63. The van der Waals surface area contributed by atoms with E-state index in [0.29, 0.717) is 19.0 Å². The molecule has 2 aromatic carbocycles. The second kappa shape index (κ2) is 7.90. The van der Waals surface area contributed by atoms with Gasteiger partial charge in [0.25, 0.3) is 0 Å². The molecule has 1 aliphatic heterocycles. The third kappa shape index (κ3) is 4.42. The van der Waals surface area contributed by atoms with E-state index >= 15 is 0 Å². The van der Waals surface area contributed by atoms with E-state index in [-0.39, 0.29) is 17.2 Å². The lowest BCUT2D eigenvalue weighted by molar-refractivity contribution is 0.127. The molecule has 0 aromatic heterocycles. The summed E-state index contributed by atoms with van der Waals surface area (Å²) in [7, 11) is -0.920. The average Bonchev–Trinajstić information content (AvgIpc) is 3.02. The molecule has 5 heteroatoms. The molecule has 0 saturated carbocycles. The third-order valence-electron chi connectivity index (χ3n) is 4.20. The summed E-state index contributed by atoms with van der Waals surface area (Å²) in [6.45, 7) is 3.08. The summed E-state index contributed by atoms with van der Waals surface area (Å²) >= 11 is 0. The van der Waals surface area contributed by atoms with Crippen molar-refractivity contribution in [3.63, 3.8) is 0 Å². The van der Waals surface area contributed by atoms with Gasteiger partial charge in [0.05, 0.1) is 11.4 Å². The largest absolute Gasteiger partial charge is 0.489 e. The number of hydrogen-bond donors (Lipinski definition) is 0. The van der Waals surface area contributed by atoms with Gasteiger partial charge in [-0.1, -0.05) is 24.3 Å². The summed E-state index contributed by atoms with van der Waals surface area (Å²) < 4.78 is 36.5. The highest BCUT2D eigenvalue weighted by molar-refractivity contribution is 7.84. The van der Waals surface area contributed by atoms with E-state index in [2.05, 4.69) is 0 Å². The van der Waals surface area contributed by atoms with Crippen LogP contribution in [0.3, 0.4) is 0 Å². The van der Waals surface area contributed by atoms with Crippen LogP contribution >= 0.6 is 0 Å². The van der Waals surface area contributed by atoms with Crippen molar-refractivity contribution in [2.24, 2.45) is 0 Å². The first kappa shape index (κ1) is 17.1. The Hall–Kier alpha value is -1.72. The second-order valence-electron chi connectivity index (χ2n) is 5.99. The molecule has 1 heterocycles. The lowest BCUT2D eigenvalue weighted by atomic mass is 10.2. The summed E-state index contributed by atoms with van der Waals surface area (Å²) in [5.41, 5.74) is 1.94. The first-order valence-electron chi connectivity index (χ1n) is 8.07. The smallest absolute Gasteiger partial charge is 0.123 e. The molecule has 1 fully saturated rings. The molecule has 128 valence electrons. The summed E-state index contributed by atoms with van der Waals surface area (Å²) in [5.74, 6) is 1.03. The molecule has 1 aliphatic rings. The molecule has 0 unspecified atom stereocenters. The van der Waals surface area contributed by atoms with Crippen molar-refractivity contribution in [3.8, 4) is 5.75 Å². The molecular formula is C19H21FO3S. The van der Waals surface area contributed by atoms with Gasteiger partial charge in [-0.05, 0) is 48.7 Å². The Morgan fingerprint density at radius 1 is 1.12 bits per heavy atom. The molecule has 0 radical (unpaired) electrons. The molecule has 3 atom stereocenters. The van der Waals surface area contributed by atoms with E-state index in [0.717, 1.165) is 23.3 Å². The van der Waals surface area contributed by atoms with Gasteiger partial charge in [-0.15, -0.1) is 0 Å². The van der Waals surface area contributed by atoms with Crippen molar-refractivity contribution in [1.29, 1.82) is 0 Å². The van der Waals surface area contributed by atoms with Gasteiger partial charge in [-0.25, -0.2) is 4.39 Å². The quantitative estimate of drug-likeness (QED) is 0.796.